The maximum atomic E-state index is 11.5. The first-order valence-corrected chi connectivity index (χ1v) is 4.87. The average molecular weight is 239 g/mol. The number of pyridine rings is 1. The topological polar surface area (TPSA) is 53.8 Å². The van der Waals surface area contributed by atoms with E-state index in [1.807, 2.05) is 0 Å². The maximum absolute atomic E-state index is 11.5. The van der Waals surface area contributed by atoms with Crippen molar-refractivity contribution in [2.75, 3.05) is 0 Å². The molecule has 1 aromatic rings. The molecule has 0 atom stereocenters. The zero-order valence-corrected chi connectivity index (χ0v) is 8.93. The van der Waals surface area contributed by atoms with Gasteiger partial charge in [0.25, 0.3) is 0 Å². The smallest absolute Gasteiger partial charge is 0.179 e. The van der Waals surface area contributed by atoms with Gasteiger partial charge in [-0.15, -0.1) is 0 Å². The number of nitrogens with zero attached hydrogens (tertiary/aromatic N) is 2. The highest BCUT2D eigenvalue weighted by Crippen LogP contribution is 2.32. The molecule has 1 aliphatic carbocycles. The number of aromatic nitrogens is 1. The summed E-state index contributed by atoms with van der Waals surface area (Å²) in [4.78, 5) is 15.3. The van der Waals surface area contributed by atoms with E-state index in [9.17, 15) is 4.79 Å². The number of hydrogen-bond acceptors (Lipinski definition) is 3. The fraction of sp³-hybridized carbons (Fsp3) is 0.100. The summed E-state index contributed by atoms with van der Waals surface area (Å²) in [5.74, 6) is -0.279. The second-order valence-corrected chi connectivity index (χ2v) is 3.83. The number of nitriles is 1. The van der Waals surface area contributed by atoms with E-state index in [-0.39, 0.29) is 22.8 Å². The van der Waals surface area contributed by atoms with Gasteiger partial charge in [-0.25, -0.2) is 4.98 Å². The molecule has 0 bridgehead atoms. The molecule has 1 aromatic heterocycles. The van der Waals surface area contributed by atoms with Crippen LogP contribution >= 0.6 is 23.2 Å². The van der Waals surface area contributed by atoms with E-state index < -0.39 is 0 Å². The molecule has 0 saturated carbocycles. The molecular formula is C10H4Cl2N2O. The Morgan fingerprint density at radius 1 is 1.47 bits per heavy atom. The second kappa shape index (κ2) is 3.65. The Labute approximate surface area is 95.9 Å². The summed E-state index contributed by atoms with van der Waals surface area (Å²) in [5, 5.41) is 9.22. The molecule has 0 amide bonds. The SMILES string of the molecule is N#CC1=C(Cl)c2cc(Cl)ncc2CC1=O. The highest BCUT2D eigenvalue weighted by Gasteiger charge is 2.24. The molecule has 0 unspecified atom stereocenters. The van der Waals surface area contributed by atoms with Crippen molar-refractivity contribution in [1.82, 2.24) is 4.98 Å². The second-order valence-electron chi connectivity index (χ2n) is 3.06. The van der Waals surface area contributed by atoms with Crippen LogP contribution in [0.15, 0.2) is 17.8 Å². The Balaban J connectivity index is 2.70. The van der Waals surface area contributed by atoms with Crippen molar-refractivity contribution in [3.8, 4) is 6.07 Å². The first-order chi connectivity index (χ1) is 7.13. The van der Waals surface area contributed by atoms with Gasteiger partial charge < -0.3 is 0 Å². The minimum atomic E-state index is -0.279. The number of allylic oxidation sites excluding steroid dienone is 1. The molecule has 5 heteroatoms. The molecule has 0 radical (unpaired) electrons. The quantitative estimate of drug-likeness (QED) is 0.653. The number of halogens is 2. The van der Waals surface area contributed by atoms with Gasteiger partial charge in [-0.2, -0.15) is 5.26 Å². The van der Waals surface area contributed by atoms with Crippen molar-refractivity contribution in [3.05, 3.63) is 34.1 Å². The zero-order chi connectivity index (χ0) is 11.0. The number of fused-ring (bicyclic) bond motifs is 1. The van der Waals surface area contributed by atoms with E-state index in [2.05, 4.69) is 4.98 Å². The zero-order valence-electron chi connectivity index (χ0n) is 7.42. The standard InChI is InChI=1S/C10H4Cl2N2O/c11-9-2-6-5(4-14-9)1-8(15)7(3-13)10(6)12/h2,4H,1H2. The highest BCUT2D eigenvalue weighted by atomic mass is 35.5. The van der Waals surface area contributed by atoms with Gasteiger partial charge in [0, 0.05) is 18.2 Å². The van der Waals surface area contributed by atoms with Gasteiger partial charge in [0.1, 0.15) is 16.8 Å². The van der Waals surface area contributed by atoms with Gasteiger partial charge in [-0.3, -0.25) is 4.79 Å². The van der Waals surface area contributed by atoms with Gasteiger partial charge in [-0.05, 0) is 11.6 Å². The molecule has 1 heterocycles. The van der Waals surface area contributed by atoms with Crippen LogP contribution in [0.3, 0.4) is 0 Å². The first-order valence-electron chi connectivity index (χ1n) is 4.11. The van der Waals surface area contributed by atoms with Crippen molar-refractivity contribution < 1.29 is 4.79 Å². The summed E-state index contributed by atoms with van der Waals surface area (Å²) < 4.78 is 0. The maximum Gasteiger partial charge on any atom is 0.179 e. The largest absolute Gasteiger partial charge is 0.293 e. The lowest BCUT2D eigenvalue weighted by molar-refractivity contribution is -0.114. The minimum Gasteiger partial charge on any atom is -0.293 e. The molecule has 0 aromatic carbocycles. The Kier molecular flexibility index (Phi) is 2.47. The van der Waals surface area contributed by atoms with Crippen LogP contribution in [0, 0.1) is 11.3 Å². The third kappa shape index (κ3) is 1.63. The lowest BCUT2D eigenvalue weighted by atomic mass is 9.93. The summed E-state index contributed by atoms with van der Waals surface area (Å²) in [7, 11) is 0. The first kappa shape index (κ1) is 10.2. The number of hydrogen-bond donors (Lipinski definition) is 0. The fourth-order valence-electron chi connectivity index (χ4n) is 1.43. The molecule has 1 aliphatic rings. The van der Waals surface area contributed by atoms with E-state index in [1.54, 1.807) is 12.1 Å². The Bertz CT molecular complexity index is 529. The predicted molar refractivity (Wildman–Crippen MR) is 56.3 cm³/mol. The van der Waals surface area contributed by atoms with Crippen LogP contribution in [0.25, 0.3) is 5.03 Å². The van der Waals surface area contributed by atoms with Crippen molar-refractivity contribution in [3.63, 3.8) is 0 Å². The molecule has 0 N–H and O–H groups in total. The van der Waals surface area contributed by atoms with Gasteiger partial charge in [0.05, 0.1) is 5.03 Å². The van der Waals surface area contributed by atoms with Crippen LogP contribution in [0.1, 0.15) is 11.1 Å². The summed E-state index contributed by atoms with van der Waals surface area (Å²) in [6.45, 7) is 0. The van der Waals surface area contributed by atoms with E-state index in [0.29, 0.717) is 16.3 Å². The summed E-state index contributed by atoms with van der Waals surface area (Å²) in [5.41, 5.74) is 1.31. The Hall–Kier alpha value is -1.37. The number of ketones is 1. The number of carbonyl (C=O) groups excluding carboxylic acids is 1. The van der Waals surface area contributed by atoms with Crippen molar-refractivity contribution in [1.29, 1.82) is 5.26 Å². The average Bonchev–Trinajstić information content (AvgIpc) is 2.20. The van der Waals surface area contributed by atoms with Crippen LogP contribution in [0.2, 0.25) is 5.15 Å². The van der Waals surface area contributed by atoms with Gasteiger partial charge in [-0.1, -0.05) is 23.2 Å². The molecule has 15 heavy (non-hydrogen) atoms. The molecule has 0 fully saturated rings. The molecule has 0 spiro atoms. The Morgan fingerprint density at radius 2 is 2.20 bits per heavy atom. The van der Waals surface area contributed by atoms with E-state index in [4.69, 9.17) is 28.5 Å². The van der Waals surface area contributed by atoms with E-state index in [0.717, 1.165) is 0 Å². The number of Topliss-reactive ketones (excluding diaryl/α,β-unsaturated/α-hetero) is 1. The van der Waals surface area contributed by atoms with E-state index in [1.165, 1.54) is 6.20 Å². The van der Waals surface area contributed by atoms with Crippen LogP contribution in [-0.2, 0) is 11.2 Å². The van der Waals surface area contributed by atoms with Crippen LogP contribution < -0.4 is 0 Å². The molecule has 0 saturated heterocycles. The van der Waals surface area contributed by atoms with Gasteiger partial charge >= 0.3 is 0 Å². The molecule has 0 aliphatic heterocycles. The Morgan fingerprint density at radius 3 is 2.87 bits per heavy atom. The normalized spacial score (nSPS) is 14.9. The van der Waals surface area contributed by atoms with Gasteiger partial charge in [0.15, 0.2) is 5.78 Å². The summed E-state index contributed by atoms with van der Waals surface area (Å²) in [6.07, 6.45) is 1.66. The fourth-order valence-corrected chi connectivity index (χ4v) is 1.91. The number of rotatable bonds is 0. The lowest BCUT2D eigenvalue weighted by Crippen LogP contribution is -2.13. The predicted octanol–water partition coefficient (Wildman–Crippen LogP) is 2.33. The third-order valence-corrected chi connectivity index (χ3v) is 2.75. The van der Waals surface area contributed by atoms with E-state index >= 15 is 0 Å². The minimum absolute atomic E-state index is 0.00793. The highest BCUT2D eigenvalue weighted by molar-refractivity contribution is 6.52. The van der Waals surface area contributed by atoms with Gasteiger partial charge in [0.2, 0.25) is 0 Å². The summed E-state index contributed by atoms with van der Waals surface area (Å²) >= 11 is 11.6. The van der Waals surface area contributed by atoms with Crippen LogP contribution in [0.5, 0.6) is 0 Å². The molecule has 3 nitrogen and oxygen atoms in total. The molecule has 74 valence electrons. The van der Waals surface area contributed by atoms with Crippen molar-refractivity contribution >= 4 is 34.0 Å². The molecule has 2 rings (SSSR count). The van der Waals surface area contributed by atoms with Crippen LogP contribution in [-0.4, -0.2) is 10.8 Å². The summed E-state index contributed by atoms with van der Waals surface area (Å²) in [6, 6.07) is 3.36. The molecular weight excluding hydrogens is 235 g/mol. The van der Waals surface area contributed by atoms with Crippen molar-refractivity contribution in [2.24, 2.45) is 0 Å². The monoisotopic (exact) mass is 238 g/mol. The lowest BCUT2D eigenvalue weighted by Gasteiger charge is -2.14. The number of carbonyl (C=O) groups is 1. The van der Waals surface area contributed by atoms with Crippen LogP contribution in [0.4, 0.5) is 0 Å². The van der Waals surface area contributed by atoms with Crippen molar-refractivity contribution in [2.45, 2.75) is 6.42 Å². The third-order valence-electron chi connectivity index (χ3n) is 2.15.